The van der Waals surface area contributed by atoms with E-state index in [1.54, 1.807) is 32.9 Å². The molecule has 2 N–H and O–H groups in total. The largest absolute Gasteiger partial charge is 0.444 e. The molecule has 90 valence electrons. The molecular weight excluding hydrogens is 324 g/mol. The topological polar surface area (TPSA) is 52.3 Å². The molecule has 0 spiro atoms. The second kappa shape index (κ2) is 6.67. The smallest absolute Gasteiger partial charge is 0.405 e. The van der Waals surface area contributed by atoms with Gasteiger partial charge >= 0.3 is 6.09 Å². The third-order valence-corrected chi connectivity index (χ3v) is 2.11. The van der Waals surface area contributed by atoms with Crippen LogP contribution in [0.1, 0.15) is 20.8 Å². The minimum atomic E-state index is -0.725. The molecule has 0 bridgehead atoms. The Labute approximate surface area is 108 Å². The van der Waals surface area contributed by atoms with Gasteiger partial charge in [0, 0.05) is 3.57 Å². The molecule has 0 aliphatic carbocycles. The Morgan fingerprint density at radius 2 is 1.88 bits per heavy atom. The molecule has 16 heavy (non-hydrogen) atoms. The highest BCUT2D eigenvalue weighted by atomic mass is 127. The van der Waals surface area contributed by atoms with Crippen molar-refractivity contribution in [3.8, 4) is 0 Å². The highest BCUT2D eigenvalue weighted by Gasteiger charge is 2.12. The average molecular weight is 339 g/mol. The molecule has 0 saturated heterocycles. The summed E-state index contributed by atoms with van der Waals surface area (Å²) in [6.07, 6.45) is -0.725. The van der Waals surface area contributed by atoms with Crippen molar-refractivity contribution in [2.75, 3.05) is 0 Å². The fourth-order valence-corrected chi connectivity index (χ4v) is 1.13. The Bertz CT molecular complexity index is 329. The van der Waals surface area contributed by atoms with E-state index in [9.17, 15) is 9.18 Å². The lowest BCUT2D eigenvalue weighted by atomic mass is 10.2. The normalized spacial score (nSPS) is 10.1. The second-order valence-electron chi connectivity index (χ2n) is 3.95. The summed E-state index contributed by atoms with van der Waals surface area (Å²) in [6, 6.07) is 6.67. The number of hydrogen-bond donors (Lipinski definition) is 1. The van der Waals surface area contributed by atoms with E-state index in [1.807, 2.05) is 28.7 Å². The first-order valence-electron chi connectivity index (χ1n) is 4.61. The van der Waals surface area contributed by atoms with Gasteiger partial charge in [-0.3, -0.25) is 0 Å². The molecular formula is C11H15FINO2. The number of halogens is 2. The summed E-state index contributed by atoms with van der Waals surface area (Å²) in [6.45, 7) is 5.28. The van der Waals surface area contributed by atoms with E-state index in [4.69, 9.17) is 5.73 Å². The SMILES string of the molecule is CC(C)(C)OC(N)=O.Fc1ccccc1I. The first kappa shape index (κ1) is 15.2. The van der Waals surface area contributed by atoms with Crippen LogP contribution < -0.4 is 5.73 Å². The Morgan fingerprint density at radius 1 is 1.38 bits per heavy atom. The van der Waals surface area contributed by atoms with Crippen LogP contribution >= 0.6 is 22.6 Å². The highest BCUT2D eigenvalue weighted by molar-refractivity contribution is 14.1. The van der Waals surface area contributed by atoms with E-state index < -0.39 is 11.7 Å². The Kier molecular flexibility index (Phi) is 6.32. The van der Waals surface area contributed by atoms with Crippen LogP contribution in [0.15, 0.2) is 24.3 Å². The molecule has 0 fully saturated rings. The van der Waals surface area contributed by atoms with Crippen LogP contribution in [-0.4, -0.2) is 11.7 Å². The molecule has 0 aliphatic heterocycles. The van der Waals surface area contributed by atoms with Gasteiger partial charge in [0.15, 0.2) is 0 Å². The van der Waals surface area contributed by atoms with Crippen molar-refractivity contribution in [2.24, 2.45) is 5.73 Å². The summed E-state index contributed by atoms with van der Waals surface area (Å²) in [5, 5.41) is 0. The number of benzene rings is 1. The molecule has 1 aromatic rings. The lowest BCUT2D eigenvalue weighted by Crippen LogP contribution is -2.27. The molecule has 0 unspecified atom stereocenters. The van der Waals surface area contributed by atoms with Gasteiger partial charge in [-0.15, -0.1) is 0 Å². The number of ether oxygens (including phenoxy) is 1. The van der Waals surface area contributed by atoms with E-state index in [0.29, 0.717) is 3.57 Å². The zero-order valence-electron chi connectivity index (χ0n) is 9.46. The van der Waals surface area contributed by atoms with Gasteiger partial charge in [-0.1, -0.05) is 12.1 Å². The van der Waals surface area contributed by atoms with Crippen LogP contribution in [0.2, 0.25) is 0 Å². The summed E-state index contributed by atoms with van der Waals surface area (Å²) < 4.78 is 17.6. The minimum Gasteiger partial charge on any atom is -0.444 e. The first-order chi connectivity index (χ1) is 7.22. The predicted octanol–water partition coefficient (Wildman–Crippen LogP) is 3.31. The second-order valence-corrected chi connectivity index (χ2v) is 5.11. The number of carbonyl (C=O) groups excluding carboxylic acids is 1. The van der Waals surface area contributed by atoms with Crippen LogP contribution in [0.25, 0.3) is 0 Å². The van der Waals surface area contributed by atoms with Crippen molar-refractivity contribution in [1.82, 2.24) is 0 Å². The van der Waals surface area contributed by atoms with E-state index >= 15 is 0 Å². The predicted molar refractivity (Wildman–Crippen MR) is 69.5 cm³/mol. The molecule has 1 amide bonds. The molecule has 0 aliphatic rings. The monoisotopic (exact) mass is 339 g/mol. The van der Waals surface area contributed by atoms with Crippen molar-refractivity contribution in [3.05, 3.63) is 33.7 Å². The number of carbonyl (C=O) groups is 1. The first-order valence-corrected chi connectivity index (χ1v) is 5.69. The molecule has 0 atom stereocenters. The number of amides is 1. The van der Waals surface area contributed by atoms with E-state index in [0.717, 1.165) is 0 Å². The average Bonchev–Trinajstić information content (AvgIpc) is 2.06. The van der Waals surface area contributed by atoms with Crippen molar-refractivity contribution in [3.63, 3.8) is 0 Å². The summed E-state index contributed by atoms with van der Waals surface area (Å²) >= 11 is 1.95. The zero-order valence-corrected chi connectivity index (χ0v) is 11.6. The third-order valence-electron chi connectivity index (χ3n) is 1.23. The Morgan fingerprint density at radius 3 is 2.06 bits per heavy atom. The van der Waals surface area contributed by atoms with Crippen LogP contribution in [0, 0.1) is 9.39 Å². The fraction of sp³-hybridized carbons (Fsp3) is 0.364. The molecule has 0 aromatic heterocycles. The molecule has 1 aromatic carbocycles. The molecule has 1 rings (SSSR count). The maximum atomic E-state index is 12.3. The van der Waals surface area contributed by atoms with Crippen molar-refractivity contribution in [1.29, 1.82) is 0 Å². The van der Waals surface area contributed by atoms with Gasteiger partial charge in [0.2, 0.25) is 0 Å². The molecule has 0 heterocycles. The molecule has 0 saturated carbocycles. The summed E-state index contributed by atoms with van der Waals surface area (Å²) in [5.41, 5.74) is 4.26. The van der Waals surface area contributed by atoms with Gasteiger partial charge in [0.05, 0.1) is 0 Å². The quantitative estimate of drug-likeness (QED) is 0.738. The van der Waals surface area contributed by atoms with Crippen molar-refractivity contribution >= 4 is 28.7 Å². The van der Waals surface area contributed by atoms with Crippen LogP contribution in [0.5, 0.6) is 0 Å². The van der Waals surface area contributed by atoms with Crippen LogP contribution in [-0.2, 0) is 4.74 Å². The zero-order chi connectivity index (χ0) is 12.8. The van der Waals surface area contributed by atoms with Crippen LogP contribution in [0.4, 0.5) is 9.18 Å². The summed E-state index contributed by atoms with van der Waals surface area (Å²) in [5.74, 6) is -0.145. The maximum Gasteiger partial charge on any atom is 0.405 e. The van der Waals surface area contributed by atoms with Gasteiger partial charge in [-0.2, -0.15) is 0 Å². The standard InChI is InChI=1S/C6H4FI.C5H11NO2/c7-5-3-1-2-4-6(5)8;1-5(2,3)8-4(6)7/h1-4H;1-3H3,(H2,6,7). The van der Waals surface area contributed by atoms with E-state index in [1.165, 1.54) is 6.07 Å². The van der Waals surface area contributed by atoms with E-state index in [-0.39, 0.29) is 5.82 Å². The molecule has 3 nitrogen and oxygen atoms in total. The van der Waals surface area contributed by atoms with Gasteiger partial charge in [-0.25, -0.2) is 9.18 Å². The Balaban J connectivity index is 0.000000281. The fourth-order valence-electron chi connectivity index (χ4n) is 0.741. The lowest BCUT2D eigenvalue weighted by Gasteiger charge is -2.16. The van der Waals surface area contributed by atoms with Gasteiger partial charge < -0.3 is 10.5 Å². The third kappa shape index (κ3) is 8.46. The minimum absolute atomic E-state index is 0.145. The van der Waals surface area contributed by atoms with Gasteiger partial charge in [0.1, 0.15) is 11.4 Å². The number of rotatable bonds is 0. The highest BCUT2D eigenvalue weighted by Crippen LogP contribution is 2.07. The Hall–Kier alpha value is -0.850. The van der Waals surface area contributed by atoms with E-state index in [2.05, 4.69) is 4.74 Å². The van der Waals surface area contributed by atoms with Crippen LogP contribution in [0.3, 0.4) is 0 Å². The summed E-state index contributed by atoms with van der Waals surface area (Å²) in [7, 11) is 0. The summed E-state index contributed by atoms with van der Waals surface area (Å²) in [4.78, 5) is 10.0. The lowest BCUT2D eigenvalue weighted by molar-refractivity contribution is 0.0600. The molecule has 5 heteroatoms. The molecule has 0 radical (unpaired) electrons. The number of primary amides is 1. The van der Waals surface area contributed by atoms with Crippen molar-refractivity contribution in [2.45, 2.75) is 26.4 Å². The van der Waals surface area contributed by atoms with Crippen molar-refractivity contribution < 1.29 is 13.9 Å². The van der Waals surface area contributed by atoms with Gasteiger partial charge in [-0.05, 0) is 55.5 Å². The van der Waals surface area contributed by atoms with Gasteiger partial charge in [0.25, 0.3) is 0 Å². The maximum absolute atomic E-state index is 12.3. The number of hydrogen-bond acceptors (Lipinski definition) is 2. The number of nitrogens with two attached hydrogens (primary N) is 1.